The van der Waals surface area contributed by atoms with Crippen LogP contribution in [0.1, 0.15) is 49.2 Å². The van der Waals surface area contributed by atoms with Gasteiger partial charge in [0.05, 0.1) is 5.56 Å². The van der Waals surface area contributed by atoms with E-state index in [2.05, 4.69) is 24.1 Å². The van der Waals surface area contributed by atoms with E-state index in [1.807, 2.05) is 6.92 Å². The van der Waals surface area contributed by atoms with Crippen LogP contribution in [0.15, 0.2) is 12.3 Å². The third-order valence-electron chi connectivity index (χ3n) is 4.38. The van der Waals surface area contributed by atoms with E-state index < -0.39 is 0 Å². The van der Waals surface area contributed by atoms with Crippen LogP contribution in [0.3, 0.4) is 0 Å². The molecular formula is C15H23N3O. The minimum absolute atomic E-state index is 0.0985. The summed E-state index contributed by atoms with van der Waals surface area (Å²) in [5, 5.41) is 3.11. The fraction of sp³-hybridized carbons (Fsp3) is 0.600. The average molecular weight is 261 g/mol. The molecule has 1 saturated carbocycles. The molecule has 0 radical (unpaired) electrons. The molecule has 4 heteroatoms. The molecule has 3 N–H and O–H groups in total. The summed E-state index contributed by atoms with van der Waals surface area (Å²) in [5.74, 6) is 1.16. The second-order valence-electron chi connectivity index (χ2n) is 5.60. The second-order valence-corrected chi connectivity index (χ2v) is 5.60. The highest BCUT2D eigenvalue weighted by Gasteiger charge is 2.32. The maximum atomic E-state index is 12.2. The summed E-state index contributed by atoms with van der Waals surface area (Å²) in [4.78, 5) is 16.4. The van der Waals surface area contributed by atoms with Gasteiger partial charge in [-0.25, -0.2) is 0 Å². The molecule has 1 aromatic rings. The van der Waals surface area contributed by atoms with Crippen LogP contribution in [0.5, 0.6) is 0 Å². The number of rotatable bonds is 3. The number of anilines is 1. The molecule has 3 unspecified atom stereocenters. The highest BCUT2D eigenvalue weighted by atomic mass is 16.1. The Kier molecular flexibility index (Phi) is 4.08. The molecule has 0 bridgehead atoms. The lowest BCUT2D eigenvalue weighted by Crippen LogP contribution is -2.37. The zero-order valence-corrected chi connectivity index (χ0v) is 11.9. The molecule has 4 nitrogen and oxygen atoms in total. The molecule has 0 saturated heterocycles. The summed E-state index contributed by atoms with van der Waals surface area (Å²) in [7, 11) is 0. The molecule has 2 rings (SSSR count). The van der Waals surface area contributed by atoms with Crippen molar-refractivity contribution in [1.82, 2.24) is 10.3 Å². The van der Waals surface area contributed by atoms with E-state index in [0.717, 1.165) is 18.0 Å². The van der Waals surface area contributed by atoms with Crippen molar-refractivity contribution < 1.29 is 4.79 Å². The first kappa shape index (κ1) is 13.8. The Bertz CT molecular complexity index is 472. The smallest absolute Gasteiger partial charge is 0.255 e. The van der Waals surface area contributed by atoms with Gasteiger partial charge in [-0.2, -0.15) is 0 Å². The van der Waals surface area contributed by atoms with Crippen LogP contribution < -0.4 is 11.1 Å². The first-order valence-electron chi connectivity index (χ1n) is 7.06. The molecular weight excluding hydrogens is 238 g/mol. The van der Waals surface area contributed by atoms with Gasteiger partial charge < -0.3 is 11.1 Å². The number of amides is 1. The fourth-order valence-corrected chi connectivity index (χ4v) is 3.04. The summed E-state index contributed by atoms with van der Waals surface area (Å²) in [6.07, 6.45) is 5.01. The summed E-state index contributed by atoms with van der Waals surface area (Å²) in [5.41, 5.74) is 7.70. The number of hydrogen-bond acceptors (Lipinski definition) is 3. The minimum Gasteiger partial charge on any atom is -0.398 e. The molecule has 3 atom stereocenters. The molecule has 1 amide bonds. The first-order valence-corrected chi connectivity index (χ1v) is 7.06. The number of nitrogens with one attached hydrogen (secondary N) is 1. The number of nitrogen functional groups attached to an aromatic ring is 1. The Hall–Kier alpha value is -1.58. The quantitative estimate of drug-likeness (QED) is 0.878. The number of nitrogens with zero attached hydrogens (tertiary/aromatic N) is 1. The van der Waals surface area contributed by atoms with Crippen LogP contribution in [-0.2, 0) is 0 Å². The third-order valence-corrected chi connectivity index (χ3v) is 4.38. The number of carbonyl (C=O) groups excluding carboxylic acids is 1. The van der Waals surface area contributed by atoms with E-state index in [9.17, 15) is 4.79 Å². The Labute approximate surface area is 114 Å². The SMILES string of the molecule is CCC1CCC(NC(=O)c2cnc(C)cc2N)C1C. The number of aryl methyl sites for hydroxylation is 1. The average Bonchev–Trinajstić information content (AvgIpc) is 2.70. The maximum absolute atomic E-state index is 12.2. The molecule has 1 aliphatic carbocycles. The van der Waals surface area contributed by atoms with Gasteiger partial charge in [0.15, 0.2) is 0 Å². The highest BCUT2D eigenvalue weighted by Crippen LogP contribution is 2.34. The van der Waals surface area contributed by atoms with E-state index in [0.29, 0.717) is 17.2 Å². The number of aromatic nitrogens is 1. The van der Waals surface area contributed by atoms with Gasteiger partial charge in [0.25, 0.3) is 5.91 Å². The number of nitrogens with two attached hydrogens (primary N) is 1. The van der Waals surface area contributed by atoms with Crippen molar-refractivity contribution in [1.29, 1.82) is 0 Å². The van der Waals surface area contributed by atoms with Gasteiger partial charge in [-0.1, -0.05) is 20.3 Å². The zero-order valence-electron chi connectivity index (χ0n) is 11.9. The summed E-state index contributed by atoms with van der Waals surface area (Å²) < 4.78 is 0. The molecule has 19 heavy (non-hydrogen) atoms. The second kappa shape index (κ2) is 5.59. The summed E-state index contributed by atoms with van der Waals surface area (Å²) >= 11 is 0. The van der Waals surface area contributed by atoms with Gasteiger partial charge in [-0.3, -0.25) is 9.78 Å². The van der Waals surface area contributed by atoms with E-state index in [4.69, 9.17) is 5.73 Å². The normalized spacial score (nSPS) is 26.4. The Balaban J connectivity index is 2.05. The molecule has 0 aliphatic heterocycles. The lowest BCUT2D eigenvalue weighted by molar-refractivity contribution is 0.0927. The Morgan fingerprint density at radius 2 is 2.26 bits per heavy atom. The molecule has 1 heterocycles. The predicted octanol–water partition coefficient (Wildman–Crippen LogP) is 2.53. The lowest BCUT2D eigenvalue weighted by Gasteiger charge is -2.21. The van der Waals surface area contributed by atoms with E-state index in [-0.39, 0.29) is 11.9 Å². The van der Waals surface area contributed by atoms with E-state index in [1.54, 1.807) is 12.3 Å². The van der Waals surface area contributed by atoms with Crippen molar-refractivity contribution >= 4 is 11.6 Å². The van der Waals surface area contributed by atoms with Crippen molar-refractivity contribution in [3.63, 3.8) is 0 Å². The van der Waals surface area contributed by atoms with Gasteiger partial charge in [-0.15, -0.1) is 0 Å². The topological polar surface area (TPSA) is 68.0 Å². The molecule has 1 fully saturated rings. The zero-order chi connectivity index (χ0) is 14.0. The summed E-state index contributed by atoms with van der Waals surface area (Å²) in [6.45, 7) is 6.30. The van der Waals surface area contributed by atoms with Crippen molar-refractivity contribution in [3.05, 3.63) is 23.5 Å². The van der Waals surface area contributed by atoms with Gasteiger partial charge in [-0.05, 0) is 37.7 Å². The minimum atomic E-state index is -0.0985. The first-order chi connectivity index (χ1) is 9.02. The Morgan fingerprint density at radius 1 is 1.53 bits per heavy atom. The van der Waals surface area contributed by atoms with E-state index >= 15 is 0 Å². The lowest BCUT2D eigenvalue weighted by atomic mass is 9.93. The molecule has 0 spiro atoms. The molecule has 0 aromatic carbocycles. The fourth-order valence-electron chi connectivity index (χ4n) is 3.04. The molecule has 1 aromatic heterocycles. The largest absolute Gasteiger partial charge is 0.398 e. The van der Waals surface area contributed by atoms with Crippen LogP contribution in [0.4, 0.5) is 5.69 Å². The van der Waals surface area contributed by atoms with Crippen LogP contribution in [0.2, 0.25) is 0 Å². The number of pyridine rings is 1. The van der Waals surface area contributed by atoms with E-state index in [1.165, 1.54) is 12.8 Å². The van der Waals surface area contributed by atoms with Crippen LogP contribution >= 0.6 is 0 Å². The summed E-state index contributed by atoms with van der Waals surface area (Å²) in [6, 6.07) is 2.00. The Morgan fingerprint density at radius 3 is 2.84 bits per heavy atom. The monoisotopic (exact) mass is 261 g/mol. The van der Waals surface area contributed by atoms with Gasteiger partial charge in [0.1, 0.15) is 0 Å². The number of carbonyl (C=O) groups is 1. The van der Waals surface area contributed by atoms with Crippen LogP contribution in [0.25, 0.3) is 0 Å². The van der Waals surface area contributed by atoms with Crippen molar-refractivity contribution in [2.45, 2.75) is 46.1 Å². The van der Waals surface area contributed by atoms with Crippen molar-refractivity contribution in [3.8, 4) is 0 Å². The van der Waals surface area contributed by atoms with Crippen molar-refractivity contribution in [2.24, 2.45) is 11.8 Å². The maximum Gasteiger partial charge on any atom is 0.255 e. The van der Waals surface area contributed by atoms with Crippen LogP contribution in [0, 0.1) is 18.8 Å². The third kappa shape index (κ3) is 2.88. The van der Waals surface area contributed by atoms with Gasteiger partial charge in [0, 0.05) is 23.6 Å². The number of hydrogen-bond donors (Lipinski definition) is 2. The van der Waals surface area contributed by atoms with Crippen molar-refractivity contribution in [2.75, 3.05) is 5.73 Å². The molecule has 1 aliphatic rings. The van der Waals surface area contributed by atoms with Crippen LogP contribution in [-0.4, -0.2) is 16.9 Å². The standard InChI is InChI=1S/C15H23N3O/c1-4-11-5-6-14(10(11)3)18-15(19)12-8-17-9(2)7-13(12)16/h7-8,10-11,14H,4-6H2,1-3H3,(H2,16,17)(H,18,19). The highest BCUT2D eigenvalue weighted by molar-refractivity contribution is 5.99. The van der Waals surface area contributed by atoms with Gasteiger partial charge >= 0.3 is 0 Å². The van der Waals surface area contributed by atoms with Gasteiger partial charge in [0.2, 0.25) is 0 Å². The molecule has 104 valence electrons. The predicted molar refractivity (Wildman–Crippen MR) is 76.8 cm³/mol.